The lowest BCUT2D eigenvalue weighted by molar-refractivity contribution is -0.128. The van der Waals surface area contributed by atoms with Crippen LogP contribution in [0, 0.1) is 0 Å². The van der Waals surface area contributed by atoms with Crippen LogP contribution in [0.1, 0.15) is 38.3 Å². The lowest BCUT2D eigenvalue weighted by Crippen LogP contribution is -2.57. The van der Waals surface area contributed by atoms with E-state index in [2.05, 4.69) is 26.3 Å². The van der Waals surface area contributed by atoms with Crippen LogP contribution in [0.4, 0.5) is 15.3 Å². The number of amides is 4. The van der Waals surface area contributed by atoms with Crippen molar-refractivity contribution in [1.29, 1.82) is 0 Å². The van der Waals surface area contributed by atoms with Crippen molar-refractivity contribution in [1.82, 2.24) is 20.9 Å². The van der Waals surface area contributed by atoms with Crippen LogP contribution in [0.15, 0.2) is 97.2 Å². The topological polar surface area (TPSA) is 148 Å². The molecule has 0 aliphatic rings. The zero-order chi connectivity index (χ0) is 32.9. The highest BCUT2D eigenvalue weighted by molar-refractivity contribution is 5.99. The van der Waals surface area contributed by atoms with Crippen molar-refractivity contribution in [3.63, 3.8) is 0 Å². The third kappa shape index (κ3) is 10.9. The molecule has 0 fully saturated rings. The molecule has 4 rings (SSSR count). The molecule has 46 heavy (non-hydrogen) atoms. The predicted octanol–water partition coefficient (Wildman–Crippen LogP) is 5.11. The third-order valence-electron chi connectivity index (χ3n) is 6.73. The summed E-state index contributed by atoms with van der Waals surface area (Å²) in [6, 6.07) is 25.7. The molecule has 11 heteroatoms. The summed E-state index contributed by atoms with van der Waals surface area (Å²) in [5.41, 5.74) is 2.18. The minimum Gasteiger partial charge on any atom is -0.445 e. The van der Waals surface area contributed by atoms with Crippen molar-refractivity contribution in [2.24, 2.45) is 0 Å². The number of aryl methyl sites for hydroxylation is 1. The number of fused-ring (bicyclic) bond motifs is 1. The van der Waals surface area contributed by atoms with E-state index in [1.807, 2.05) is 84.9 Å². The number of rotatable bonds is 12. The van der Waals surface area contributed by atoms with E-state index >= 15 is 0 Å². The Kier molecular flexibility index (Phi) is 11.7. The summed E-state index contributed by atoms with van der Waals surface area (Å²) in [5, 5.41) is 11.5. The first kappa shape index (κ1) is 33.4. The van der Waals surface area contributed by atoms with Gasteiger partial charge in [-0.3, -0.25) is 14.6 Å². The smallest absolute Gasteiger partial charge is 0.408 e. The van der Waals surface area contributed by atoms with Crippen LogP contribution in [0.3, 0.4) is 0 Å². The van der Waals surface area contributed by atoms with Gasteiger partial charge < -0.3 is 30.7 Å². The Morgan fingerprint density at radius 3 is 2.11 bits per heavy atom. The van der Waals surface area contributed by atoms with E-state index in [4.69, 9.17) is 9.47 Å². The summed E-state index contributed by atoms with van der Waals surface area (Å²) in [4.78, 5) is 56.7. The van der Waals surface area contributed by atoms with E-state index < -0.39 is 41.7 Å². The van der Waals surface area contributed by atoms with Gasteiger partial charge >= 0.3 is 12.2 Å². The molecular formula is C35H39N5O6. The lowest BCUT2D eigenvalue weighted by Gasteiger charge is -2.25. The molecule has 0 radical (unpaired) electrons. The van der Waals surface area contributed by atoms with Gasteiger partial charge in [0.15, 0.2) is 0 Å². The van der Waals surface area contributed by atoms with Crippen molar-refractivity contribution in [2.75, 3.05) is 11.9 Å². The number of anilines is 1. The molecule has 3 aromatic carbocycles. The summed E-state index contributed by atoms with van der Waals surface area (Å²) in [6.45, 7) is 4.76. The second-order valence-corrected chi connectivity index (χ2v) is 11.6. The fraction of sp³-hybridized carbons (Fsp3) is 0.286. The number of pyridine rings is 1. The molecule has 0 saturated carbocycles. The Morgan fingerprint density at radius 2 is 1.41 bits per heavy atom. The first-order valence-electron chi connectivity index (χ1n) is 15.0. The molecule has 11 nitrogen and oxygen atoms in total. The van der Waals surface area contributed by atoms with E-state index in [-0.39, 0.29) is 19.6 Å². The number of nitrogens with zero attached hydrogens (tertiary/aromatic N) is 1. The number of para-hydroxylation sites is 1. The molecule has 0 aliphatic carbocycles. The van der Waals surface area contributed by atoms with Crippen molar-refractivity contribution in [2.45, 2.75) is 57.9 Å². The van der Waals surface area contributed by atoms with Crippen LogP contribution in [0.25, 0.3) is 10.9 Å². The van der Waals surface area contributed by atoms with Crippen LogP contribution in [0.5, 0.6) is 0 Å². The summed E-state index contributed by atoms with van der Waals surface area (Å²) < 4.78 is 10.6. The van der Waals surface area contributed by atoms with E-state index in [0.29, 0.717) is 12.1 Å². The highest BCUT2D eigenvalue weighted by Crippen LogP contribution is 2.17. The van der Waals surface area contributed by atoms with Gasteiger partial charge in [0, 0.05) is 5.39 Å². The summed E-state index contributed by atoms with van der Waals surface area (Å²) in [5.74, 6) is -1.16. The Labute approximate surface area is 268 Å². The number of carbonyl (C=O) groups is 4. The molecule has 0 aliphatic heterocycles. The zero-order valence-corrected chi connectivity index (χ0v) is 26.1. The van der Waals surface area contributed by atoms with Gasteiger partial charge in [-0.05, 0) is 56.9 Å². The van der Waals surface area contributed by atoms with Gasteiger partial charge in [-0.2, -0.15) is 0 Å². The van der Waals surface area contributed by atoms with Crippen molar-refractivity contribution >= 4 is 40.6 Å². The molecule has 0 saturated heterocycles. The molecule has 1 heterocycles. The zero-order valence-electron chi connectivity index (χ0n) is 26.1. The number of hydrogen-bond acceptors (Lipinski definition) is 7. The number of ether oxygens (including phenoxy) is 2. The highest BCUT2D eigenvalue weighted by Gasteiger charge is 2.29. The van der Waals surface area contributed by atoms with Gasteiger partial charge in [-0.25, -0.2) is 9.59 Å². The van der Waals surface area contributed by atoms with Gasteiger partial charge in [0.25, 0.3) is 0 Å². The largest absolute Gasteiger partial charge is 0.445 e. The van der Waals surface area contributed by atoms with E-state index in [0.717, 1.165) is 22.0 Å². The van der Waals surface area contributed by atoms with Crippen molar-refractivity contribution in [3.8, 4) is 0 Å². The SMILES string of the molecule is CC(C)(C)OC(=O)N[C@@H](CNC(=O)OCc1ccccc1)C(=O)N[C@@H](CCc1ccccc1)C(=O)Nc1cnc2ccccc2c1. The molecule has 4 aromatic rings. The maximum atomic E-state index is 13.6. The molecule has 0 spiro atoms. The standard InChI is InChI=1S/C35H39N5O6/c1-35(2,3)46-34(44)40-30(22-37-33(43)45-23-25-14-8-5-9-15-25)32(42)39-29(19-18-24-12-6-4-7-13-24)31(41)38-27-20-26-16-10-11-17-28(26)36-21-27/h4-17,20-21,29-30H,18-19,22-23H2,1-3H3,(H,37,43)(H,38,41)(H,39,42)(H,40,44)/t29-,30-/m0/s1. The minimum absolute atomic E-state index is 0.0222. The number of carbonyl (C=O) groups excluding carboxylic acids is 4. The third-order valence-corrected chi connectivity index (χ3v) is 6.73. The van der Waals surface area contributed by atoms with Gasteiger partial charge in [0.1, 0.15) is 24.3 Å². The number of alkyl carbamates (subject to hydrolysis) is 2. The molecule has 2 atom stereocenters. The molecule has 0 unspecified atom stereocenters. The van der Waals surface area contributed by atoms with Crippen LogP contribution in [0.2, 0.25) is 0 Å². The Balaban J connectivity index is 1.47. The molecule has 1 aromatic heterocycles. The number of benzene rings is 3. The minimum atomic E-state index is -1.28. The van der Waals surface area contributed by atoms with E-state index in [9.17, 15) is 19.2 Å². The Hall–Kier alpha value is -5.45. The van der Waals surface area contributed by atoms with Crippen LogP contribution in [-0.2, 0) is 32.1 Å². The first-order chi connectivity index (χ1) is 22.1. The van der Waals surface area contributed by atoms with Gasteiger partial charge in [-0.1, -0.05) is 78.9 Å². The molecule has 240 valence electrons. The average molecular weight is 626 g/mol. The first-order valence-corrected chi connectivity index (χ1v) is 15.0. The van der Waals surface area contributed by atoms with E-state index in [1.54, 1.807) is 33.0 Å². The second-order valence-electron chi connectivity index (χ2n) is 11.6. The number of hydrogen-bond donors (Lipinski definition) is 4. The molecular weight excluding hydrogens is 586 g/mol. The normalized spacial score (nSPS) is 12.3. The summed E-state index contributed by atoms with van der Waals surface area (Å²) >= 11 is 0. The molecule has 0 bridgehead atoms. The van der Waals surface area contributed by atoms with Gasteiger partial charge in [0.2, 0.25) is 11.8 Å². The summed E-state index contributed by atoms with van der Waals surface area (Å²) in [6.07, 6.45) is 0.653. The quantitative estimate of drug-likeness (QED) is 0.171. The fourth-order valence-corrected chi connectivity index (χ4v) is 4.48. The number of aromatic nitrogens is 1. The Morgan fingerprint density at radius 1 is 0.761 bits per heavy atom. The average Bonchev–Trinajstić information content (AvgIpc) is 3.03. The van der Waals surface area contributed by atoms with Crippen LogP contribution in [-0.4, -0.2) is 53.2 Å². The fourth-order valence-electron chi connectivity index (χ4n) is 4.48. The van der Waals surface area contributed by atoms with Gasteiger partial charge in [0.05, 0.1) is 23.9 Å². The highest BCUT2D eigenvalue weighted by atomic mass is 16.6. The van der Waals surface area contributed by atoms with Crippen molar-refractivity contribution < 1.29 is 28.7 Å². The predicted molar refractivity (Wildman–Crippen MR) is 175 cm³/mol. The second kappa shape index (κ2) is 16.0. The maximum Gasteiger partial charge on any atom is 0.408 e. The van der Waals surface area contributed by atoms with Crippen LogP contribution >= 0.6 is 0 Å². The lowest BCUT2D eigenvalue weighted by atomic mass is 10.0. The van der Waals surface area contributed by atoms with Gasteiger partial charge in [-0.15, -0.1) is 0 Å². The molecule has 4 N–H and O–H groups in total. The summed E-state index contributed by atoms with van der Waals surface area (Å²) in [7, 11) is 0. The Bertz CT molecular complexity index is 1630. The van der Waals surface area contributed by atoms with Crippen molar-refractivity contribution in [3.05, 3.63) is 108 Å². The number of nitrogens with one attached hydrogen (secondary N) is 4. The maximum absolute atomic E-state index is 13.6. The monoisotopic (exact) mass is 625 g/mol. The van der Waals surface area contributed by atoms with Crippen LogP contribution < -0.4 is 21.3 Å². The molecule has 4 amide bonds. The van der Waals surface area contributed by atoms with E-state index in [1.165, 1.54) is 0 Å².